The molecule has 7 nitrogen and oxygen atoms in total. The van der Waals surface area contributed by atoms with Crippen LogP contribution in [0.5, 0.6) is 0 Å². The molecule has 2 aromatic carbocycles. The lowest BCUT2D eigenvalue weighted by molar-refractivity contribution is -0.123. The van der Waals surface area contributed by atoms with Crippen molar-refractivity contribution in [1.29, 1.82) is 0 Å². The Labute approximate surface area is 200 Å². The zero-order valence-electron chi connectivity index (χ0n) is 19.1. The molecule has 34 heavy (non-hydrogen) atoms. The lowest BCUT2D eigenvalue weighted by Crippen LogP contribution is -2.40. The van der Waals surface area contributed by atoms with E-state index in [9.17, 15) is 22.4 Å². The van der Waals surface area contributed by atoms with E-state index in [2.05, 4.69) is 5.32 Å². The highest BCUT2D eigenvalue weighted by Crippen LogP contribution is 2.31. The first-order valence-electron chi connectivity index (χ1n) is 11.8. The average Bonchev–Trinajstić information content (AvgIpc) is 3.19. The first kappa shape index (κ1) is 24.3. The van der Waals surface area contributed by atoms with E-state index in [-0.39, 0.29) is 42.0 Å². The van der Waals surface area contributed by atoms with E-state index in [4.69, 9.17) is 0 Å². The smallest absolute Gasteiger partial charge is 0.243 e. The average molecular weight is 488 g/mol. The Kier molecular flexibility index (Phi) is 7.63. The summed E-state index contributed by atoms with van der Waals surface area (Å²) in [5.41, 5.74) is 2.09. The summed E-state index contributed by atoms with van der Waals surface area (Å²) >= 11 is 0. The van der Waals surface area contributed by atoms with Gasteiger partial charge in [-0.15, -0.1) is 0 Å². The van der Waals surface area contributed by atoms with Crippen LogP contribution in [0, 0.1) is 5.82 Å². The number of aryl methyl sites for hydroxylation is 1. The summed E-state index contributed by atoms with van der Waals surface area (Å²) in [7, 11) is -3.60. The fraction of sp³-hybridized carbons (Fsp3) is 0.440. The number of fused-ring (bicyclic) bond motifs is 1. The van der Waals surface area contributed by atoms with Gasteiger partial charge < -0.3 is 10.2 Å². The van der Waals surface area contributed by atoms with Crippen LogP contribution in [0.1, 0.15) is 49.7 Å². The number of nitrogens with zero attached hydrogens (tertiary/aromatic N) is 2. The van der Waals surface area contributed by atoms with Crippen molar-refractivity contribution in [3.63, 3.8) is 0 Å². The van der Waals surface area contributed by atoms with Gasteiger partial charge in [0.15, 0.2) is 0 Å². The van der Waals surface area contributed by atoms with Gasteiger partial charge in [0.25, 0.3) is 0 Å². The number of amides is 2. The zero-order chi connectivity index (χ0) is 24.1. The lowest BCUT2D eigenvalue weighted by Gasteiger charge is -2.24. The van der Waals surface area contributed by atoms with Gasteiger partial charge in [-0.2, -0.15) is 4.31 Å². The maximum absolute atomic E-state index is 13.2. The molecule has 182 valence electrons. The third kappa shape index (κ3) is 5.64. The van der Waals surface area contributed by atoms with Crippen molar-refractivity contribution in [3.05, 3.63) is 59.4 Å². The van der Waals surface area contributed by atoms with Crippen LogP contribution in [0.4, 0.5) is 10.1 Å². The molecule has 0 saturated carbocycles. The summed E-state index contributed by atoms with van der Waals surface area (Å²) < 4.78 is 41.1. The van der Waals surface area contributed by atoms with Crippen LogP contribution >= 0.6 is 0 Å². The van der Waals surface area contributed by atoms with Gasteiger partial charge in [-0.3, -0.25) is 9.59 Å². The molecular weight excluding hydrogens is 457 g/mol. The molecule has 2 aliphatic heterocycles. The molecule has 0 aromatic heterocycles. The fourth-order valence-electron chi connectivity index (χ4n) is 4.49. The number of hydrogen-bond donors (Lipinski definition) is 1. The second kappa shape index (κ2) is 10.7. The highest BCUT2D eigenvalue weighted by atomic mass is 32.2. The Bertz CT molecular complexity index is 1140. The normalized spacial score (nSPS) is 17.6. The van der Waals surface area contributed by atoms with Crippen LogP contribution < -0.4 is 10.2 Å². The van der Waals surface area contributed by atoms with Gasteiger partial charge in [0.1, 0.15) is 12.4 Å². The van der Waals surface area contributed by atoms with Crippen LogP contribution in [0.2, 0.25) is 0 Å². The SMILES string of the molecule is O=C(CN1C(=O)CCCc2cc(S(=O)(=O)N3CCCCCC3)ccc21)NCc1ccc(F)cc1. The van der Waals surface area contributed by atoms with Crippen molar-refractivity contribution in [2.24, 2.45) is 0 Å². The minimum absolute atomic E-state index is 0.161. The minimum Gasteiger partial charge on any atom is -0.350 e. The highest BCUT2D eigenvalue weighted by Gasteiger charge is 2.29. The maximum Gasteiger partial charge on any atom is 0.243 e. The van der Waals surface area contributed by atoms with Crippen molar-refractivity contribution in [2.45, 2.75) is 56.4 Å². The molecule has 2 amide bonds. The third-order valence-corrected chi connectivity index (χ3v) is 8.28. The van der Waals surface area contributed by atoms with Crippen molar-refractivity contribution in [1.82, 2.24) is 9.62 Å². The summed E-state index contributed by atoms with van der Waals surface area (Å²) in [5.74, 6) is -0.857. The van der Waals surface area contributed by atoms with Gasteiger partial charge in [0.2, 0.25) is 21.8 Å². The Morgan fingerprint density at radius 1 is 0.941 bits per heavy atom. The van der Waals surface area contributed by atoms with Gasteiger partial charge in [-0.05, 0) is 67.1 Å². The number of carbonyl (C=O) groups excluding carboxylic acids is 2. The van der Waals surface area contributed by atoms with Gasteiger partial charge in [-0.1, -0.05) is 25.0 Å². The monoisotopic (exact) mass is 487 g/mol. The summed E-state index contributed by atoms with van der Waals surface area (Å²) in [6, 6.07) is 10.7. The molecule has 1 fully saturated rings. The Hall–Kier alpha value is -2.78. The zero-order valence-corrected chi connectivity index (χ0v) is 19.9. The summed E-state index contributed by atoms with van der Waals surface area (Å²) in [6.45, 7) is 1.11. The molecule has 0 atom stereocenters. The summed E-state index contributed by atoms with van der Waals surface area (Å²) in [6.07, 6.45) is 5.24. The molecule has 0 unspecified atom stereocenters. The number of halogens is 1. The maximum atomic E-state index is 13.2. The van der Waals surface area contributed by atoms with Crippen LogP contribution in [0.3, 0.4) is 0 Å². The number of hydrogen-bond acceptors (Lipinski definition) is 4. The van der Waals surface area contributed by atoms with Gasteiger partial charge >= 0.3 is 0 Å². The Morgan fingerprint density at radius 2 is 1.65 bits per heavy atom. The topological polar surface area (TPSA) is 86.8 Å². The predicted molar refractivity (Wildman–Crippen MR) is 127 cm³/mol. The van der Waals surface area contributed by atoms with Crippen molar-refractivity contribution < 1.29 is 22.4 Å². The molecule has 0 aliphatic carbocycles. The van der Waals surface area contributed by atoms with E-state index in [0.29, 0.717) is 31.6 Å². The molecule has 1 saturated heterocycles. The molecule has 2 aliphatic rings. The van der Waals surface area contributed by atoms with Crippen LogP contribution in [0.15, 0.2) is 47.4 Å². The number of anilines is 1. The quantitative estimate of drug-likeness (QED) is 0.677. The predicted octanol–water partition coefficient (Wildman–Crippen LogP) is 3.38. The second-order valence-corrected chi connectivity index (χ2v) is 10.8. The first-order chi connectivity index (χ1) is 16.3. The van der Waals surface area contributed by atoms with E-state index < -0.39 is 10.0 Å². The number of benzene rings is 2. The van der Waals surface area contributed by atoms with Crippen LogP contribution in [-0.2, 0) is 32.6 Å². The molecule has 4 rings (SSSR count). The van der Waals surface area contributed by atoms with E-state index in [0.717, 1.165) is 36.8 Å². The molecule has 1 N–H and O–H groups in total. The van der Waals surface area contributed by atoms with Gasteiger partial charge in [0, 0.05) is 31.7 Å². The van der Waals surface area contributed by atoms with Gasteiger partial charge in [-0.25, -0.2) is 12.8 Å². The van der Waals surface area contributed by atoms with Crippen LogP contribution in [-0.4, -0.2) is 44.2 Å². The first-order valence-corrected chi connectivity index (χ1v) is 13.2. The number of sulfonamides is 1. The third-order valence-electron chi connectivity index (χ3n) is 6.39. The highest BCUT2D eigenvalue weighted by molar-refractivity contribution is 7.89. The molecule has 2 heterocycles. The molecule has 9 heteroatoms. The molecule has 0 spiro atoms. The van der Waals surface area contributed by atoms with E-state index >= 15 is 0 Å². The fourth-order valence-corrected chi connectivity index (χ4v) is 6.06. The van der Waals surface area contributed by atoms with Gasteiger partial charge in [0.05, 0.1) is 4.90 Å². The van der Waals surface area contributed by atoms with Crippen molar-refractivity contribution in [2.75, 3.05) is 24.5 Å². The van der Waals surface area contributed by atoms with E-state index in [1.165, 1.54) is 17.0 Å². The van der Waals surface area contributed by atoms with Crippen molar-refractivity contribution >= 4 is 27.5 Å². The number of nitrogens with one attached hydrogen (secondary N) is 1. The molecular formula is C25H30FN3O4S. The molecule has 0 radical (unpaired) electrons. The number of rotatable bonds is 6. The summed E-state index contributed by atoms with van der Waals surface area (Å²) in [5, 5.41) is 2.76. The number of carbonyl (C=O) groups is 2. The Morgan fingerprint density at radius 3 is 2.35 bits per heavy atom. The molecule has 0 bridgehead atoms. The Balaban J connectivity index is 1.51. The van der Waals surface area contributed by atoms with Crippen LogP contribution in [0.25, 0.3) is 0 Å². The second-order valence-electron chi connectivity index (χ2n) is 8.85. The van der Waals surface area contributed by atoms with E-state index in [1.54, 1.807) is 34.6 Å². The summed E-state index contributed by atoms with van der Waals surface area (Å²) in [4.78, 5) is 27.0. The van der Waals surface area contributed by atoms with Crippen molar-refractivity contribution in [3.8, 4) is 0 Å². The van der Waals surface area contributed by atoms with E-state index in [1.807, 2.05) is 0 Å². The minimum atomic E-state index is -3.60. The lowest BCUT2D eigenvalue weighted by atomic mass is 10.1. The largest absolute Gasteiger partial charge is 0.350 e. The molecule has 2 aromatic rings. The standard InChI is InChI=1S/C25H30FN3O4S/c26-21-10-8-19(9-11-21)17-27-24(30)18-29-23-13-12-22(16-20(23)6-5-7-25(29)31)34(32,33)28-14-3-1-2-4-15-28/h8-13,16H,1-7,14-15,17-18H2,(H,27,30).